The molecule has 39 heavy (non-hydrogen) atoms. The lowest BCUT2D eigenvalue weighted by molar-refractivity contribution is 0.0314. The summed E-state index contributed by atoms with van der Waals surface area (Å²) < 4.78 is 23.3. The summed E-state index contributed by atoms with van der Waals surface area (Å²) in [6.07, 6.45) is 0.869. The van der Waals surface area contributed by atoms with Crippen LogP contribution in [-0.4, -0.2) is 68.8 Å². The van der Waals surface area contributed by atoms with Crippen molar-refractivity contribution in [3.05, 3.63) is 81.7 Å². The number of hydrogen-bond donors (Lipinski definition) is 0. The van der Waals surface area contributed by atoms with Crippen molar-refractivity contribution in [2.75, 3.05) is 53.1 Å². The van der Waals surface area contributed by atoms with Crippen LogP contribution in [-0.2, 0) is 4.74 Å². The normalized spacial score (nSPS) is 17.6. The number of amides is 1. The first-order valence-corrected chi connectivity index (χ1v) is 13.5. The molecule has 0 aliphatic carbocycles. The van der Waals surface area contributed by atoms with Gasteiger partial charge >= 0.3 is 0 Å². The molecule has 3 heterocycles. The van der Waals surface area contributed by atoms with E-state index in [0.29, 0.717) is 60.9 Å². The molecule has 0 radical (unpaired) electrons. The lowest BCUT2D eigenvalue weighted by Gasteiger charge is -2.31. The van der Waals surface area contributed by atoms with Gasteiger partial charge in [-0.1, -0.05) is 43.3 Å². The van der Waals surface area contributed by atoms with E-state index in [9.17, 15) is 9.59 Å². The van der Waals surface area contributed by atoms with Crippen molar-refractivity contribution in [1.82, 2.24) is 9.80 Å². The molecule has 4 aromatic rings. The molecular formula is C31H32N2O6. The Morgan fingerprint density at radius 3 is 2.56 bits per heavy atom. The predicted molar refractivity (Wildman–Crippen MR) is 149 cm³/mol. The van der Waals surface area contributed by atoms with Crippen molar-refractivity contribution < 1.29 is 23.4 Å². The van der Waals surface area contributed by atoms with Crippen LogP contribution in [0.4, 0.5) is 0 Å². The Hall–Kier alpha value is -3.88. The highest BCUT2D eigenvalue weighted by Gasteiger charge is 2.43. The summed E-state index contributed by atoms with van der Waals surface area (Å²) in [6.45, 7) is 6.69. The molecule has 1 atom stereocenters. The van der Waals surface area contributed by atoms with E-state index < -0.39 is 6.04 Å². The third kappa shape index (κ3) is 4.53. The van der Waals surface area contributed by atoms with Crippen LogP contribution in [0.3, 0.4) is 0 Å². The maximum Gasteiger partial charge on any atom is 0.290 e. The Labute approximate surface area is 226 Å². The van der Waals surface area contributed by atoms with Crippen LogP contribution in [0.15, 0.2) is 63.8 Å². The van der Waals surface area contributed by atoms with Gasteiger partial charge in [0, 0.05) is 31.6 Å². The summed E-state index contributed by atoms with van der Waals surface area (Å²) in [7, 11) is 1.59. The highest BCUT2D eigenvalue weighted by atomic mass is 16.5. The average molecular weight is 529 g/mol. The zero-order chi connectivity index (χ0) is 26.9. The molecule has 2 aliphatic heterocycles. The molecule has 1 saturated heterocycles. The van der Waals surface area contributed by atoms with Gasteiger partial charge in [0.15, 0.2) is 16.9 Å². The summed E-state index contributed by atoms with van der Waals surface area (Å²) in [4.78, 5) is 32.1. The van der Waals surface area contributed by atoms with Gasteiger partial charge in [-0.15, -0.1) is 0 Å². The Balaban J connectivity index is 1.49. The lowest BCUT2D eigenvalue weighted by Crippen LogP contribution is -2.42. The summed E-state index contributed by atoms with van der Waals surface area (Å²) in [5, 5.41) is 2.23. The highest BCUT2D eigenvalue weighted by Crippen LogP contribution is 2.41. The maximum absolute atomic E-state index is 14.1. The Bertz CT molecular complexity index is 1590. The quantitative estimate of drug-likeness (QED) is 0.309. The number of ether oxygens (including phenoxy) is 3. The van der Waals surface area contributed by atoms with E-state index >= 15 is 0 Å². The number of carbonyl (C=O) groups excluding carboxylic acids is 1. The third-order valence-corrected chi connectivity index (χ3v) is 7.58. The molecule has 1 unspecified atom stereocenters. The molecule has 0 bridgehead atoms. The van der Waals surface area contributed by atoms with Crippen LogP contribution in [0, 0.1) is 0 Å². The van der Waals surface area contributed by atoms with Gasteiger partial charge in [-0.05, 0) is 35.6 Å². The van der Waals surface area contributed by atoms with E-state index in [-0.39, 0.29) is 17.1 Å². The van der Waals surface area contributed by atoms with E-state index in [4.69, 9.17) is 18.6 Å². The molecule has 0 N–H and O–H groups in total. The highest BCUT2D eigenvalue weighted by molar-refractivity contribution is 6.06. The van der Waals surface area contributed by atoms with Gasteiger partial charge in [0.1, 0.15) is 5.58 Å². The number of carbonyl (C=O) groups is 1. The van der Waals surface area contributed by atoms with Crippen LogP contribution in [0.2, 0.25) is 0 Å². The van der Waals surface area contributed by atoms with Crippen LogP contribution in [0.25, 0.3) is 21.7 Å². The van der Waals surface area contributed by atoms with Gasteiger partial charge in [-0.2, -0.15) is 0 Å². The van der Waals surface area contributed by atoms with Gasteiger partial charge in [-0.3, -0.25) is 14.5 Å². The van der Waals surface area contributed by atoms with Crippen LogP contribution >= 0.6 is 0 Å². The topological polar surface area (TPSA) is 81.5 Å². The monoisotopic (exact) mass is 528 g/mol. The van der Waals surface area contributed by atoms with E-state index in [0.717, 1.165) is 35.8 Å². The number of nitrogens with zero attached hydrogens (tertiary/aromatic N) is 2. The number of methoxy groups -OCH3 is 1. The fourth-order valence-electron chi connectivity index (χ4n) is 5.58. The van der Waals surface area contributed by atoms with Crippen molar-refractivity contribution in [3.8, 4) is 11.5 Å². The molecule has 8 heteroatoms. The number of benzene rings is 3. The molecule has 3 aromatic carbocycles. The van der Waals surface area contributed by atoms with Crippen molar-refractivity contribution in [2.24, 2.45) is 0 Å². The minimum atomic E-state index is -0.602. The van der Waals surface area contributed by atoms with E-state index in [1.165, 1.54) is 0 Å². The van der Waals surface area contributed by atoms with Crippen LogP contribution < -0.4 is 14.9 Å². The molecule has 1 aromatic heterocycles. The molecule has 202 valence electrons. The molecule has 2 aliphatic rings. The molecule has 6 rings (SSSR count). The Morgan fingerprint density at radius 2 is 1.77 bits per heavy atom. The summed E-state index contributed by atoms with van der Waals surface area (Å²) in [5.41, 5.74) is 1.40. The molecule has 0 spiro atoms. The SMILES string of the molecule is CCCOc1ccc(C2c3c(oc4c(ccc5ccccc54)c3=O)C(=O)N2CCN2CCOCC2)cc1OC. The number of hydrogen-bond acceptors (Lipinski definition) is 7. The fraction of sp³-hybridized carbons (Fsp3) is 0.355. The van der Waals surface area contributed by atoms with Gasteiger partial charge < -0.3 is 23.5 Å². The standard InChI is InChI=1S/C31H32N2O6/c1-3-16-38-24-11-9-21(19-25(24)36-2)27-26-28(34)23-10-8-20-6-4-5-7-22(20)29(23)39-30(26)31(35)33(27)13-12-32-14-17-37-18-15-32/h4-11,19,27H,3,12-18H2,1-2H3. The molecular weight excluding hydrogens is 496 g/mol. The van der Waals surface area contributed by atoms with Gasteiger partial charge in [0.25, 0.3) is 5.91 Å². The largest absolute Gasteiger partial charge is 0.493 e. The van der Waals surface area contributed by atoms with Gasteiger partial charge in [-0.25, -0.2) is 0 Å². The van der Waals surface area contributed by atoms with Crippen molar-refractivity contribution in [1.29, 1.82) is 0 Å². The first kappa shape index (κ1) is 25.4. The first-order valence-electron chi connectivity index (χ1n) is 13.5. The second-order valence-electron chi connectivity index (χ2n) is 9.95. The Morgan fingerprint density at radius 1 is 0.949 bits per heavy atom. The predicted octanol–water partition coefficient (Wildman–Crippen LogP) is 4.62. The number of rotatable bonds is 8. The third-order valence-electron chi connectivity index (χ3n) is 7.58. The van der Waals surface area contributed by atoms with Crippen molar-refractivity contribution in [3.63, 3.8) is 0 Å². The van der Waals surface area contributed by atoms with E-state index in [2.05, 4.69) is 4.90 Å². The Kier molecular flexibility index (Phi) is 6.97. The number of fused-ring (bicyclic) bond motifs is 4. The molecule has 8 nitrogen and oxygen atoms in total. The average Bonchev–Trinajstić information content (AvgIpc) is 3.26. The first-order chi connectivity index (χ1) is 19.1. The summed E-state index contributed by atoms with van der Waals surface area (Å²) in [6, 6.07) is 16.5. The maximum atomic E-state index is 14.1. The fourth-order valence-corrected chi connectivity index (χ4v) is 5.58. The molecule has 1 fully saturated rings. The zero-order valence-corrected chi connectivity index (χ0v) is 22.3. The van der Waals surface area contributed by atoms with Gasteiger partial charge in [0.05, 0.1) is 43.9 Å². The van der Waals surface area contributed by atoms with Crippen molar-refractivity contribution >= 4 is 27.6 Å². The second-order valence-corrected chi connectivity index (χ2v) is 9.95. The van der Waals surface area contributed by atoms with E-state index in [1.54, 1.807) is 18.1 Å². The summed E-state index contributed by atoms with van der Waals surface area (Å²) >= 11 is 0. The van der Waals surface area contributed by atoms with Gasteiger partial charge in [0.2, 0.25) is 5.76 Å². The van der Waals surface area contributed by atoms with E-state index in [1.807, 2.05) is 55.5 Å². The second kappa shape index (κ2) is 10.7. The smallest absolute Gasteiger partial charge is 0.290 e. The van der Waals surface area contributed by atoms with Crippen LogP contribution in [0.1, 0.15) is 41.1 Å². The molecule has 0 saturated carbocycles. The minimum Gasteiger partial charge on any atom is -0.493 e. The van der Waals surface area contributed by atoms with Crippen molar-refractivity contribution in [2.45, 2.75) is 19.4 Å². The zero-order valence-electron chi connectivity index (χ0n) is 22.3. The number of morpholine rings is 1. The summed E-state index contributed by atoms with van der Waals surface area (Å²) in [5.74, 6) is 1.03. The van der Waals surface area contributed by atoms with Crippen LogP contribution in [0.5, 0.6) is 11.5 Å². The molecule has 1 amide bonds. The lowest BCUT2D eigenvalue weighted by atomic mass is 9.97. The minimum absolute atomic E-state index is 0.112.